The first kappa shape index (κ1) is 22.2. The summed E-state index contributed by atoms with van der Waals surface area (Å²) in [5.41, 5.74) is 4.50. The molecule has 3 heterocycles. The van der Waals surface area contributed by atoms with Gasteiger partial charge in [-0.1, -0.05) is 17.8 Å². The summed E-state index contributed by atoms with van der Waals surface area (Å²) in [4.78, 5) is 31.1. The Kier molecular flexibility index (Phi) is 7.02. The predicted octanol–water partition coefficient (Wildman–Crippen LogP) is 3.78. The van der Waals surface area contributed by atoms with Gasteiger partial charge in [0, 0.05) is 50.0 Å². The first-order chi connectivity index (χ1) is 15.5. The van der Waals surface area contributed by atoms with E-state index in [2.05, 4.69) is 38.2 Å². The smallest absolute Gasteiger partial charge is 0.258 e. The number of benzene rings is 1. The highest BCUT2D eigenvalue weighted by Gasteiger charge is 2.17. The normalized spacial score (nSPS) is 14.4. The van der Waals surface area contributed by atoms with Gasteiger partial charge >= 0.3 is 0 Å². The number of hydrogen-bond acceptors (Lipinski definition) is 7. The molecular formula is C24H28N6OS. The Morgan fingerprint density at radius 1 is 1.03 bits per heavy atom. The van der Waals surface area contributed by atoms with E-state index in [4.69, 9.17) is 4.98 Å². The third-order valence-electron chi connectivity index (χ3n) is 5.34. The molecule has 0 saturated carbocycles. The minimum absolute atomic E-state index is 0.161. The van der Waals surface area contributed by atoms with Crippen LogP contribution in [0.3, 0.4) is 0 Å². The number of aryl methyl sites for hydroxylation is 2. The molecule has 166 valence electrons. The van der Waals surface area contributed by atoms with Crippen molar-refractivity contribution in [2.75, 3.05) is 43.4 Å². The second-order valence-corrected chi connectivity index (χ2v) is 9.08. The van der Waals surface area contributed by atoms with Gasteiger partial charge in [-0.3, -0.25) is 4.79 Å². The molecule has 0 bridgehead atoms. The van der Waals surface area contributed by atoms with E-state index in [1.807, 2.05) is 44.3 Å². The first-order valence-electron chi connectivity index (χ1n) is 10.7. The monoisotopic (exact) mass is 448 g/mol. The molecule has 0 spiro atoms. The standard InChI is InChI=1S/C24H28N6OS/c1-17-13-18(2)15-20(14-17)27-22(31)21-5-4-7-25-23(21)32-16-19-6-8-26-24(28-19)30-11-9-29(3)10-12-30/h4-8,13-15H,9-12,16H2,1-3H3,(H,27,31). The fourth-order valence-corrected chi connectivity index (χ4v) is 4.59. The summed E-state index contributed by atoms with van der Waals surface area (Å²) >= 11 is 1.51. The summed E-state index contributed by atoms with van der Waals surface area (Å²) in [5, 5.41) is 3.69. The van der Waals surface area contributed by atoms with E-state index in [0.717, 1.165) is 54.6 Å². The topological polar surface area (TPSA) is 74.2 Å². The van der Waals surface area contributed by atoms with E-state index in [1.54, 1.807) is 12.3 Å². The molecule has 0 unspecified atom stereocenters. The van der Waals surface area contributed by atoms with Gasteiger partial charge in [-0.25, -0.2) is 15.0 Å². The number of aromatic nitrogens is 3. The molecular weight excluding hydrogens is 420 g/mol. The molecule has 8 heteroatoms. The van der Waals surface area contributed by atoms with E-state index in [0.29, 0.717) is 16.3 Å². The van der Waals surface area contributed by atoms with Gasteiger partial charge in [0.15, 0.2) is 0 Å². The van der Waals surface area contributed by atoms with Crippen LogP contribution in [0, 0.1) is 13.8 Å². The number of rotatable bonds is 6. The highest BCUT2D eigenvalue weighted by Crippen LogP contribution is 2.25. The summed E-state index contributed by atoms with van der Waals surface area (Å²) < 4.78 is 0. The lowest BCUT2D eigenvalue weighted by atomic mass is 10.1. The molecule has 4 rings (SSSR count). The molecule has 1 saturated heterocycles. The maximum atomic E-state index is 13.0. The van der Waals surface area contributed by atoms with Gasteiger partial charge in [0.25, 0.3) is 5.91 Å². The average molecular weight is 449 g/mol. The van der Waals surface area contributed by atoms with Crippen LogP contribution in [0.1, 0.15) is 27.2 Å². The van der Waals surface area contributed by atoms with Crippen molar-refractivity contribution in [1.82, 2.24) is 19.9 Å². The van der Waals surface area contributed by atoms with E-state index < -0.39 is 0 Å². The third-order valence-corrected chi connectivity index (χ3v) is 6.38. The van der Waals surface area contributed by atoms with Crippen LogP contribution in [0.5, 0.6) is 0 Å². The summed E-state index contributed by atoms with van der Waals surface area (Å²) in [5.74, 6) is 1.22. The number of hydrogen-bond donors (Lipinski definition) is 1. The number of likely N-dealkylation sites (N-methyl/N-ethyl adjacent to an activating group) is 1. The number of carbonyl (C=O) groups is 1. The lowest BCUT2D eigenvalue weighted by molar-refractivity contribution is 0.102. The second kappa shape index (κ2) is 10.1. The molecule has 1 aromatic carbocycles. The van der Waals surface area contributed by atoms with Crippen molar-refractivity contribution in [3.05, 3.63) is 71.2 Å². The molecule has 2 aromatic heterocycles. The molecule has 32 heavy (non-hydrogen) atoms. The molecule has 0 aliphatic carbocycles. The van der Waals surface area contributed by atoms with Crippen LogP contribution < -0.4 is 10.2 Å². The quantitative estimate of drug-likeness (QED) is 0.575. The van der Waals surface area contributed by atoms with Gasteiger partial charge in [-0.2, -0.15) is 0 Å². The van der Waals surface area contributed by atoms with Crippen molar-refractivity contribution >= 4 is 29.3 Å². The number of anilines is 2. The third kappa shape index (κ3) is 5.63. The molecule has 7 nitrogen and oxygen atoms in total. The van der Waals surface area contributed by atoms with Crippen LogP contribution in [0.25, 0.3) is 0 Å². The van der Waals surface area contributed by atoms with Crippen molar-refractivity contribution in [1.29, 1.82) is 0 Å². The van der Waals surface area contributed by atoms with Crippen LogP contribution in [0.2, 0.25) is 0 Å². The zero-order valence-electron chi connectivity index (χ0n) is 18.7. The van der Waals surface area contributed by atoms with Gasteiger partial charge < -0.3 is 15.1 Å². The number of nitrogens with one attached hydrogen (secondary N) is 1. The Labute approximate surface area is 193 Å². The Bertz CT molecular complexity index is 1080. The lowest BCUT2D eigenvalue weighted by Crippen LogP contribution is -2.45. The average Bonchev–Trinajstić information content (AvgIpc) is 2.78. The van der Waals surface area contributed by atoms with E-state index in [-0.39, 0.29) is 5.91 Å². The zero-order chi connectivity index (χ0) is 22.5. The second-order valence-electron chi connectivity index (χ2n) is 8.11. The molecule has 0 radical (unpaired) electrons. The summed E-state index contributed by atoms with van der Waals surface area (Å²) in [6, 6.07) is 11.5. The van der Waals surface area contributed by atoms with Crippen molar-refractivity contribution in [2.24, 2.45) is 0 Å². The maximum Gasteiger partial charge on any atom is 0.258 e. The fourth-order valence-electron chi connectivity index (χ4n) is 3.69. The number of piperazine rings is 1. The molecule has 0 atom stereocenters. The molecule has 3 aromatic rings. The molecule has 1 fully saturated rings. The Morgan fingerprint density at radius 2 is 1.78 bits per heavy atom. The van der Waals surface area contributed by atoms with Gasteiger partial charge in [-0.15, -0.1) is 0 Å². The van der Waals surface area contributed by atoms with Crippen molar-refractivity contribution in [2.45, 2.75) is 24.6 Å². The van der Waals surface area contributed by atoms with Gasteiger partial charge in [-0.05, 0) is 62.4 Å². The van der Waals surface area contributed by atoms with Crippen LogP contribution in [0.4, 0.5) is 11.6 Å². The van der Waals surface area contributed by atoms with E-state index >= 15 is 0 Å². The Balaban J connectivity index is 1.44. The molecule has 1 aliphatic rings. The highest BCUT2D eigenvalue weighted by atomic mass is 32.2. The van der Waals surface area contributed by atoms with Crippen LogP contribution in [-0.4, -0.2) is 59.0 Å². The largest absolute Gasteiger partial charge is 0.338 e. The zero-order valence-corrected chi connectivity index (χ0v) is 19.5. The van der Waals surface area contributed by atoms with E-state index in [1.165, 1.54) is 11.8 Å². The maximum absolute atomic E-state index is 13.0. The first-order valence-corrected chi connectivity index (χ1v) is 11.7. The summed E-state index contributed by atoms with van der Waals surface area (Å²) in [6.07, 6.45) is 3.52. The number of carbonyl (C=O) groups excluding carboxylic acids is 1. The van der Waals surface area contributed by atoms with Gasteiger partial charge in [0.1, 0.15) is 5.03 Å². The number of nitrogens with zero attached hydrogens (tertiary/aromatic N) is 5. The van der Waals surface area contributed by atoms with Crippen LogP contribution >= 0.6 is 11.8 Å². The van der Waals surface area contributed by atoms with Gasteiger partial charge in [0.2, 0.25) is 5.95 Å². The Hall–Kier alpha value is -2.97. The molecule has 1 aliphatic heterocycles. The van der Waals surface area contributed by atoms with Crippen molar-refractivity contribution in [3.8, 4) is 0 Å². The van der Waals surface area contributed by atoms with Crippen molar-refractivity contribution in [3.63, 3.8) is 0 Å². The van der Waals surface area contributed by atoms with Crippen LogP contribution in [0.15, 0.2) is 53.8 Å². The minimum Gasteiger partial charge on any atom is -0.338 e. The Morgan fingerprint density at radius 3 is 2.53 bits per heavy atom. The predicted molar refractivity (Wildman–Crippen MR) is 129 cm³/mol. The van der Waals surface area contributed by atoms with E-state index in [9.17, 15) is 4.79 Å². The van der Waals surface area contributed by atoms with Crippen LogP contribution in [-0.2, 0) is 5.75 Å². The van der Waals surface area contributed by atoms with Gasteiger partial charge in [0.05, 0.1) is 11.3 Å². The highest BCUT2D eigenvalue weighted by molar-refractivity contribution is 7.98. The number of thioether (sulfide) groups is 1. The SMILES string of the molecule is Cc1cc(C)cc(NC(=O)c2cccnc2SCc2ccnc(N3CCN(C)CC3)n2)c1. The molecule has 1 amide bonds. The summed E-state index contributed by atoms with van der Waals surface area (Å²) in [7, 11) is 2.13. The minimum atomic E-state index is -0.161. The van der Waals surface area contributed by atoms with Crippen molar-refractivity contribution < 1.29 is 4.79 Å². The number of amides is 1. The number of pyridine rings is 1. The fraction of sp³-hybridized carbons (Fsp3) is 0.333. The lowest BCUT2D eigenvalue weighted by Gasteiger charge is -2.32. The molecule has 1 N–H and O–H groups in total. The summed E-state index contributed by atoms with van der Waals surface area (Å²) in [6.45, 7) is 7.91.